The Hall–Kier alpha value is -2.13. The number of hydrogen-bond donors (Lipinski definition) is 2. The first-order valence-corrected chi connectivity index (χ1v) is 7.94. The van der Waals surface area contributed by atoms with E-state index in [-0.39, 0.29) is 11.8 Å². The third kappa shape index (κ3) is 4.10. The van der Waals surface area contributed by atoms with Gasteiger partial charge in [-0.25, -0.2) is 0 Å². The number of piperidine rings is 1. The number of ketones is 1. The fraction of sp³-hybridized carbons (Fsp3) is 0.500. The highest BCUT2D eigenvalue weighted by molar-refractivity contribution is 6.08. The Balaban J connectivity index is 0.000000277. The predicted octanol–water partition coefficient (Wildman–Crippen LogP) is -0.830. The predicted molar refractivity (Wildman–Crippen MR) is 80.5 cm³/mol. The van der Waals surface area contributed by atoms with Crippen LogP contribution in [-0.4, -0.2) is 49.0 Å². The monoisotopic (exact) mass is 359 g/mol. The minimum atomic E-state index is -5.19. The van der Waals surface area contributed by atoms with E-state index in [1.807, 2.05) is 5.32 Å². The number of likely N-dealkylation sites (N-methyl/N-ethyl adjacent to an activating group) is 1. The van der Waals surface area contributed by atoms with Gasteiger partial charge in [-0.15, -0.1) is 0 Å². The second-order valence-electron chi connectivity index (χ2n) is 5.98. The van der Waals surface area contributed by atoms with E-state index in [0.717, 1.165) is 37.3 Å². The van der Waals surface area contributed by atoms with E-state index < -0.39 is 12.1 Å². The Labute approximate surface area is 143 Å². The third-order valence-electron chi connectivity index (χ3n) is 4.20. The van der Waals surface area contributed by atoms with Crippen molar-refractivity contribution >= 4 is 11.8 Å². The van der Waals surface area contributed by atoms with Crippen molar-refractivity contribution in [1.82, 2.24) is 10.2 Å². The van der Waals surface area contributed by atoms with Crippen LogP contribution in [0.2, 0.25) is 0 Å². The molecule has 3 rings (SSSR count). The van der Waals surface area contributed by atoms with Crippen molar-refractivity contribution in [1.29, 1.82) is 0 Å². The second kappa shape index (κ2) is 7.40. The zero-order valence-electron chi connectivity index (χ0n) is 13.9. The maximum Gasteiger partial charge on any atom is 0.430 e. The number of Topliss-reactive ketones (excluding diaryl/α,β-unsaturated/α-hetero) is 1. The van der Waals surface area contributed by atoms with Crippen molar-refractivity contribution in [2.75, 3.05) is 20.1 Å². The number of aliphatic carboxylic acids is 1. The lowest BCUT2D eigenvalue weighted by atomic mass is 9.86. The van der Waals surface area contributed by atoms with Gasteiger partial charge in [-0.2, -0.15) is 13.2 Å². The van der Waals surface area contributed by atoms with Crippen molar-refractivity contribution in [2.45, 2.75) is 32.0 Å². The van der Waals surface area contributed by atoms with Gasteiger partial charge in [0.15, 0.2) is 5.70 Å². The molecule has 0 amide bonds. The molecule has 6 nitrogen and oxygen atoms in total. The molecular weight excluding hydrogens is 339 g/mol. The molecule has 1 saturated heterocycles. The van der Waals surface area contributed by atoms with Gasteiger partial charge in [-0.05, 0) is 26.0 Å². The fourth-order valence-electron chi connectivity index (χ4n) is 2.95. The lowest BCUT2D eigenvalue weighted by Crippen LogP contribution is -2.77. The number of alkyl halides is 3. The lowest BCUT2D eigenvalue weighted by Gasteiger charge is -2.34. The molecule has 1 unspecified atom stereocenters. The quantitative estimate of drug-likeness (QED) is 0.687. The number of rotatable bonds is 3. The third-order valence-corrected chi connectivity index (χ3v) is 4.20. The average Bonchev–Trinajstić information content (AvgIpc) is 2.96. The molecule has 2 heterocycles. The summed E-state index contributed by atoms with van der Waals surface area (Å²) >= 11 is 0. The SMILES string of the molecule is CCCNC1=CC2C3=C([NH2+]C=C3CCN2C)C1=O.O=C([O-])C(F)(F)F. The number of halogens is 3. The van der Waals surface area contributed by atoms with E-state index in [2.05, 4.69) is 36.5 Å². The minimum Gasteiger partial charge on any atom is -0.542 e. The van der Waals surface area contributed by atoms with Gasteiger partial charge in [0.05, 0.1) is 11.7 Å². The van der Waals surface area contributed by atoms with Gasteiger partial charge < -0.3 is 15.2 Å². The smallest absolute Gasteiger partial charge is 0.430 e. The van der Waals surface area contributed by atoms with Crippen LogP contribution in [0.3, 0.4) is 0 Å². The van der Waals surface area contributed by atoms with Crippen LogP contribution in [0.5, 0.6) is 0 Å². The minimum absolute atomic E-state index is 0.163. The second-order valence-corrected chi connectivity index (χ2v) is 5.98. The average molecular weight is 359 g/mol. The molecule has 0 spiro atoms. The summed E-state index contributed by atoms with van der Waals surface area (Å²) in [5, 5.41) is 14.0. The number of carboxylic acid groups (broad SMARTS) is 1. The normalized spacial score (nSPS) is 22.6. The van der Waals surface area contributed by atoms with Crippen LogP contribution < -0.4 is 15.7 Å². The summed E-state index contributed by atoms with van der Waals surface area (Å²) < 4.78 is 31.5. The van der Waals surface area contributed by atoms with Gasteiger partial charge in [0, 0.05) is 24.2 Å². The number of carbonyl (C=O) groups excluding carboxylic acids is 2. The summed E-state index contributed by atoms with van der Waals surface area (Å²) in [6.07, 6.45) is 1.12. The van der Waals surface area contributed by atoms with Crippen molar-refractivity contribution in [3.05, 3.63) is 34.8 Å². The lowest BCUT2D eigenvalue weighted by molar-refractivity contribution is -0.525. The molecule has 1 atom stereocenters. The van der Waals surface area contributed by atoms with Crippen LogP contribution in [-0.2, 0) is 9.59 Å². The Morgan fingerprint density at radius 1 is 1.48 bits per heavy atom. The fourth-order valence-corrected chi connectivity index (χ4v) is 2.95. The first kappa shape index (κ1) is 19.2. The summed E-state index contributed by atoms with van der Waals surface area (Å²) in [5.74, 6) is -2.84. The van der Waals surface area contributed by atoms with E-state index >= 15 is 0 Å². The summed E-state index contributed by atoms with van der Waals surface area (Å²) in [4.78, 5) is 23.5. The van der Waals surface area contributed by atoms with Crippen molar-refractivity contribution < 1.29 is 33.2 Å². The van der Waals surface area contributed by atoms with Gasteiger partial charge in [0.25, 0.3) is 5.78 Å². The van der Waals surface area contributed by atoms with Crippen molar-refractivity contribution in [2.24, 2.45) is 0 Å². The van der Waals surface area contributed by atoms with Crippen LogP contribution in [0.1, 0.15) is 19.8 Å². The Kier molecular flexibility index (Phi) is 5.69. The molecule has 9 heteroatoms. The number of hydrogen-bond acceptors (Lipinski definition) is 5. The number of carbonyl (C=O) groups is 2. The first-order chi connectivity index (χ1) is 11.7. The molecule has 25 heavy (non-hydrogen) atoms. The highest BCUT2D eigenvalue weighted by Crippen LogP contribution is 2.34. The zero-order chi connectivity index (χ0) is 18.8. The molecule has 138 valence electrons. The van der Waals surface area contributed by atoms with E-state index in [9.17, 15) is 18.0 Å². The molecule has 0 bridgehead atoms. The summed E-state index contributed by atoms with van der Waals surface area (Å²) in [5.41, 5.74) is 4.28. The van der Waals surface area contributed by atoms with Crippen LogP contribution in [0.15, 0.2) is 34.8 Å². The molecular formula is C16H20F3N3O3. The molecule has 1 aliphatic carbocycles. The number of likely N-dealkylation sites (tertiary alicyclic amines) is 1. The Morgan fingerprint density at radius 2 is 2.12 bits per heavy atom. The maximum absolute atomic E-state index is 12.4. The van der Waals surface area contributed by atoms with Crippen molar-refractivity contribution in [3.8, 4) is 0 Å². The van der Waals surface area contributed by atoms with Crippen molar-refractivity contribution in [3.63, 3.8) is 0 Å². The van der Waals surface area contributed by atoms with Gasteiger partial charge >= 0.3 is 6.18 Å². The van der Waals surface area contributed by atoms with Crippen LogP contribution in [0.25, 0.3) is 0 Å². The molecule has 0 aromatic carbocycles. The summed E-state index contributed by atoms with van der Waals surface area (Å²) in [6, 6.07) is 0.274. The number of nitrogens with zero attached hydrogens (tertiary/aromatic N) is 1. The highest BCUT2D eigenvalue weighted by atomic mass is 19.4. The maximum atomic E-state index is 12.4. The molecule has 1 fully saturated rings. The van der Waals surface area contributed by atoms with Gasteiger partial charge in [0.1, 0.15) is 12.2 Å². The molecule has 0 aromatic heterocycles. The largest absolute Gasteiger partial charge is 0.542 e. The molecule has 2 aliphatic heterocycles. The molecule has 0 aromatic rings. The molecule has 0 radical (unpaired) electrons. The Bertz CT molecular complexity index is 665. The standard InChI is InChI=1S/C14H19N3O.C2HF3O2/c1-3-5-15-10-7-11-12-9(4-6-17(11)2)8-16-13(12)14(10)18;3-2(4,5)1(6)7/h7-8,11,15-16H,3-6H2,1-2H3;(H,6,7). The van der Waals surface area contributed by atoms with Gasteiger partial charge in [-0.1, -0.05) is 6.92 Å². The van der Waals surface area contributed by atoms with Crippen LogP contribution in [0.4, 0.5) is 13.2 Å². The highest BCUT2D eigenvalue weighted by Gasteiger charge is 2.41. The number of nitrogens with one attached hydrogen (secondary N) is 1. The summed E-state index contributed by atoms with van der Waals surface area (Å²) in [6.45, 7) is 4.03. The first-order valence-electron chi connectivity index (χ1n) is 7.94. The van der Waals surface area contributed by atoms with Crippen LogP contribution >= 0.6 is 0 Å². The number of carboxylic acids is 1. The van der Waals surface area contributed by atoms with E-state index in [4.69, 9.17) is 9.90 Å². The molecule has 3 N–H and O–H groups in total. The number of quaternary nitrogens is 1. The Morgan fingerprint density at radius 3 is 2.68 bits per heavy atom. The summed E-state index contributed by atoms with van der Waals surface area (Å²) in [7, 11) is 2.13. The molecule has 0 saturated carbocycles. The number of nitrogens with two attached hydrogens (primary N) is 1. The molecule has 3 aliphatic rings. The topological polar surface area (TPSA) is 89.1 Å². The van der Waals surface area contributed by atoms with E-state index in [1.165, 1.54) is 11.1 Å². The van der Waals surface area contributed by atoms with Crippen LogP contribution in [0, 0.1) is 0 Å². The van der Waals surface area contributed by atoms with E-state index in [0.29, 0.717) is 0 Å². The van der Waals surface area contributed by atoms with Gasteiger partial charge in [0.2, 0.25) is 0 Å². The van der Waals surface area contributed by atoms with Gasteiger partial charge in [-0.3, -0.25) is 15.0 Å². The zero-order valence-corrected chi connectivity index (χ0v) is 13.9. The van der Waals surface area contributed by atoms with E-state index in [1.54, 1.807) is 0 Å².